The molecule has 82 valence electrons. The fourth-order valence-corrected chi connectivity index (χ4v) is 1.20. The maximum atomic E-state index is 11.4. The van der Waals surface area contributed by atoms with Gasteiger partial charge in [0.2, 0.25) is 0 Å². The molecule has 0 bridgehead atoms. The van der Waals surface area contributed by atoms with Crippen LogP contribution in [0.1, 0.15) is 10.4 Å². The van der Waals surface area contributed by atoms with Crippen LogP contribution in [0.4, 0.5) is 0 Å². The number of hydrogen-bond donors (Lipinski definition) is 1. The summed E-state index contributed by atoms with van der Waals surface area (Å²) in [6.07, 6.45) is 0. The average Bonchev–Trinajstić information content (AvgIpc) is 2.26. The molecular formula is C10H12O5. The van der Waals surface area contributed by atoms with Crippen molar-refractivity contribution in [1.82, 2.24) is 0 Å². The highest BCUT2D eigenvalue weighted by molar-refractivity contribution is 5.96. The van der Waals surface area contributed by atoms with Gasteiger partial charge in [0.05, 0.1) is 21.3 Å². The number of benzene rings is 1. The van der Waals surface area contributed by atoms with Crippen molar-refractivity contribution in [3.8, 4) is 17.2 Å². The number of phenolic OH excluding ortho intramolecular Hbond substituents is 1. The second kappa shape index (κ2) is 4.54. The van der Waals surface area contributed by atoms with Gasteiger partial charge in [-0.2, -0.15) is 0 Å². The van der Waals surface area contributed by atoms with Crippen LogP contribution in [-0.2, 0) is 4.74 Å². The third-order valence-corrected chi connectivity index (χ3v) is 1.88. The van der Waals surface area contributed by atoms with Gasteiger partial charge >= 0.3 is 5.97 Å². The Morgan fingerprint density at radius 1 is 1.13 bits per heavy atom. The summed E-state index contributed by atoms with van der Waals surface area (Å²) >= 11 is 0. The highest BCUT2D eigenvalue weighted by Gasteiger charge is 2.20. The SMILES string of the molecule is COC(=O)c1c(OC)cc(O)cc1OC. The highest BCUT2D eigenvalue weighted by Crippen LogP contribution is 2.33. The van der Waals surface area contributed by atoms with Crippen molar-refractivity contribution in [3.63, 3.8) is 0 Å². The Morgan fingerprint density at radius 3 is 1.93 bits per heavy atom. The summed E-state index contributed by atoms with van der Waals surface area (Å²) in [6, 6.07) is 2.63. The lowest BCUT2D eigenvalue weighted by Gasteiger charge is -2.11. The van der Waals surface area contributed by atoms with E-state index in [0.717, 1.165) is 0 Å². The maximum Gasteiger partial charge on any atom is 0.345 e. The monoisotopic (exact) mass is 212 g/mol. The van der Waals surface area contributed by atoms with Crippen molar-refractivity contribution >= 4 is 5.97 Å². The average molecular weight is 212 g/mol. The summed E-state index contributed by atoms with van der Waals surface area (Å²) in [5.41, 5.74) is 0.153. The number of phenols is 1. The number of ether oxygens (including phenoxy) is 3. The predicted octanol–water partition coefficient (Wildman–Crippen LogP) is 1.20. The topological polar surface area (TPSA) is 65.0 Å². The van der Waals surface area contributed by atoms with Gasteiger partial charge < -0.3 is 19.3 Å². The Hall–Kier alpha value is -1.91. The number of aromatic hydroxyl groups is 1. The summed E-state index contributed by atoms with van der Waals surface area (Å²) in [4.78, 5) is 11.4. The molecule has 0 aliphatic rings. The van der Waals surface area contributed by atoms with Crippen LogP contribution in [0.3, 0.4) is 0 Å². The van der Waals surface area contributed by atoms with Crippen LogP contribution in [-0.4, -0.2) is 32.4 Å². The molecule has 5 heteroatoms. The Labute approximate surface area is 87.2 Å². The second-order valence-corrected chi connectivity index (χ2v) is 2.72. The molecule has 0 fully saturated rings. The lowest BCUT2D eigenvalue weighted by molar-refractivity contribution is 0.0593. The van der Waals surface area contributed by atoms with E-state index >= 15 is 0 Å². The van der Waals surface area contributed by atoms with E-state index in [-0.39, 0.29) is 22.8 Å². The van der Waals surface area contributed by atoms with Crippen LogP contribution in [0.5, 0.6) is 17.2 Å². The zero-order chi connectivity index (χ0) is 11.4. The first-order valence-corrected chi connectivity index (χ1v) is 4.17. The molecule has 0 spiro atoms. The Kier molecular flexibility index (Phi) is 3.38. The molecule has 0 atom stereocenters. The van der Waals surface area contributed by atoms with E-state index in [1.54, 1.807) is 0 Å². The molecule has 1 rings (SSSR count). The van der Waals surface area contributed by atoms with Gasteiger partial charge in [-0.15, -0.1) is 0 Å². The minimum Gasteiger partial charge on any atom is -0.508 e. The smallest absolute Gasteiger partial charge is 0.345 e. The third-order valence-electron chi connectivity index (χ3n) is 1.88. The molecule has 15 heavy (non-hydrogen) atoms. The fourth-order valence-electron chi connectivity index (χ4n) is 1.20. The molecule has 0 radical (unpaired) electrons. The molecule has 0 aliphatic heterocycles. The predicted molar refractivity (Wildman–Crippen MR) is 52.6 cm³/mol. The zero-order valence-electron chi connectivity index (χ0n) is 8.73. The van der Waals surface area contributed by atoms with E-state index in [0.29, 0.717) is 0 Å². The molecule has 0 heterocycles. The number of carbonyl (C=O) groups is 1. The van der Waals surface area contributed by atoms with Gasteiger partial charge in [0.1, 0.15) is 22.8 Å². The van der Waals surface area contributed by atoms with Crippen LogP contribution in [0, 0.1) is 0 Å². The third kappa shape index (κ3) is 2.12. The molecule has 5 nitrogen and oxygen atoms in total. The van der Waals surface area contributed by atoms with E-state index in [9.17, 15) is 9.90 Å². The summed E-state index contributed by atoms with van der Waals surface area (Å²) in [5.74, 6) is -0.211. The van der Waals surface area contributed by atoms with Crippen LogP contribution in [0.15, 0.2) is 12.1 Å². The lowest BCUT2D eigenvalue weighted by atomic mass is 10.1. The van der Waals surface area contributed by atoms with Gasteiger partial charge in [0.15, 0.2) is 0 Å². The molecule has 0 saturated heterocycles. The van der Waals surface area contributed by atoms with E-state index in [1.165, 1.54) is 33.5 Å². The lowest BCUT2D eigenvalue weighted by Crippen LogP contribution is -2.06. The molecule has 0 saturated carbocycles. The fraction of sp³-hybridized carbons (Fsp3) is 0.300. The van der Waals surface area contributed by atoms with Crippen LogP contribution >= 0.6 is 0 Å². The van der Waals surface area contributed by atoms with Crippen molar-refractivity contribution in [2.24, 2.45) is 0 Å². The number of methoxy groups -OCH3 is 3. The van der Waals surface area contributed by atoms with Gasteiger partial charge in [-0.05, 0) is 0 Å². The number of rotatable bonds is 3. The molecule has 0 aliphatic carbocycles. The molecule has 1 aromatic rings. The largest absolute Gasteiger partial charge is 0.508 e. The first-order chi connectivity index (χ1) is 7.13. The van der Waals surface area contributed by atoms with Gasteiger partial charge in [-0.1, -0.05) is 0 Å². The van der Waals surface area contributed by atoms with Crippen LogP contribution in [0.25, 0.3) is 0 Å². The van der Waals surface area contributed by atoms with Crippen LogP contribution in [0.2, 0.25) is 0 Å². The quantitative estimate of drug-likeness (QED) is 0.762. The van der Waals surface area contributed by atoms with Crippen LogP contribution < -0.4 is 9.47 Å². The normalized spacial score (nSPS) is 9.53. The summed E-state index contributed by atoms with van der Waals surface area (Å²) in [5, 5.41) is 9.32. The van der Waals surface area contributed by atoms with E-state index in [1.807, 2.05) is 0 Å². The van der Waals surface area contributed by atoms with E-state index < -0.39 is 5.97 Å². The van der Waals surface area contributed by atoms with E-state index in [2.05, 4.69) is 4.74 Å². The zero-order valence-corrected chi connectivity index (χ0v) is 8.73. The van der Waals surface area contributed by atoms with Crippen molar-refractivity contribution in [1.29, 1.82) is 0 Å². The Bertz CT molecular complexity index is 347. The standard InChI is InChI=1S/C10H12O5/c1-13-7-4-6(11)5-8(14-2)9(7)10(12)15-3/h4-5,11H,1-3H3. The second-order valence-electron chi connectivity index (χ2n) is 2.72. The molecule has 1 N–H and O–H groups in total. The van der Waals surface area contributed by atoms with Gasteiger partial charge in [0.25, 0.3) is 0 Å². The Morgan fingerprint density at radius 2 is 1.60 bits per heavy atom. The minimum atomic E-state index is -0.580. The minimum absolute atomic E-state index is 0.0450. The number of hydrogen-bond acceptors (Lipinski definition) is 5. The summed E-state index contributed by atoms with van der Waals surface area (Å²) in [6.45, 7) is 0. The molecule has 0 unspecified atom stereocenters. The Balaban J connectivity index is 3.36. The first-order valence-electron chi connectivity index (χ1n) is 4.17. The van der Waals surface area contributed by atoms with E-state index in [4.69, 9.17) is 9.47 Å². The number of carbonyl (C=O) groups excluding carboxylic acids is 1. The van der Waals surface area contributed by atoms with Gasteiger partial charge in [-0.25, -0.2) is 4.79 Å². The number of esters is 1. The maximum absolute atomic E-state index is 11.4. The van der Waals surface area contributed by atoms with Crippen molar-refractivity contribution in [3.05, 3.63) is 17.7 Å². The summed E-state index contributed by atoms with van der Waals surface area (Å²) < 4.78 is 14.5. The van der Waals surface area contributed by atoms with Crippen molar-refractivity contribution in [2.45, 2.75) is 0 Å². The highest BCUT2D eigenvalue weighted by atomic mass is 16.5. The molecule has 0 aromatic heterocycles. The molecular weight excluding hydrogens is 200 g/mol. The summed E-state index contributed by atoms with van der Waals surface area (Å²) in [7, 11) is 4.04. The first kappa shape index (κ1) is 11.2. The molecule has 0 amide bonds. The van der Waals surface area contributed by atoms with Crippen molar-refractivity contribution < 1.29 is 24.1 Å². The van der Waals surface area contributed by atoms with Gasteiger partial charge in [-0.3, -0.25) is 0 Å². The van der Waals surface area contributed by atoms with Gasteiger partial charge in [0, 0.05) is 12.1 Å². The van der Waals surface area contributed by atoms with Crippen molar-refractivity contribution in [2.75, 3.05) is 21.3 Å². The molecule has 1 aromatic carbocycles.